The molecule has 2 aromatic rings. The summed E-state index contributed by atoms with van der Waals surface area (Å²) in [5.74, 6) is 0.756. The van der Waals surface area contributed by atoms with Crippen LogP contribution in [0.5, 0.6) is 0 Å². The third-order valence-corrected chi connectivity index (χ3v) is 4.13. The molecule has 1 aliphatic rings. The highest BCUT2D eigenvalue weighted by molar-refractivity contribution is 5.89. The number of fused-ring (bicyclic) bond motifs is 1. The van der Waals surface area contributed by atoms with Crippen molar-refractivity contribution in [3.8, 4) is 0 Å². The predicted octanol–water partition coefficient (Wildman–Crippen LogP) is 1.53. The molecule has 3 rings (SSSR count). The summed E-state index contributed by atoms with van der Waals surface area (Å²) in [4.78, 5) is 22.3. The van der Waals surface area contributed by atoms with Crippen LogP contribution < -0.4 is 5.32 Å². The maximum Gasteiger partial charge on any atom is 0.246 e. The largest absolute Gasteiger partial charge is 0.372 e. The molecule has 0 bridgehead atoms. The number of amides is 1. The first kappa shape index (κ1) is 14.5. The van der Waals surface area contributed by atoms with Gasteiger partial charge in [-0.2, -0.15) is 5.10 Å². The zero-order valence-corrected chi connectivity index (χ0v) is 12.9. The van der Waals surface area contributed by atoms with Gasteiger partial charge in [0.1, 0.15) is 12.1 Å². The fraction of sp³-hybridized carbons (Fsp3) is 0.467. The van der Waals surface area contributed by atoms with Crippen molar-refractivity contribution in [2.45, 2.75) is 25.8 Å². The summed E-state index contributed by atoms with van der Waals surface area (Å²) in [6, 6.07) is 0.133. The van der Waals surface area contributed by atoms with Gasteiger partial charge in [-0.25, -0.2) is 14.6 Å². The maximum atomic E-state index is 11.9. The molecule has 0 aromatic carbocycles. The van der Waals surface area contributed by atoms with Gasteiger partial charge in [0.2, 0.25) is 5.91 Å². The van der Waals surface area contributed by atoms with E-state index in [9.17, 15) is 4.79 Å². The standard InChI is InChI=1S/C15H20N6O/c1-4-12(22)20-7-5-6-11(8-20)21-15-13(10(2)19-21)14(16-3)17-9-18-15/h4,9,11H,1,5-8H2,2-3H3,(H,16,17,18)/t11-/m1/s1. The number of nitrogens with one attached hydrogen (secondary N) is 1. The van der Waals surface area contributed by atoms with E-state index in [0.29, 0.717) is 6.54 Å². The Balaban J connectivity index is 2.00. The summed E-state index contributed by atoms with van der Waals surface area (Å²) >= 11 is 0. The summed E-state index contributed by atoms with van der Waals surface area (Å²) in [6.07, 6.45) is 4.85. The van der Waals surface area contributed by atoms with Crippen LogP contribution in [0.4, 0.5) is 5.82 Å². The molecule has 2 aromatic heterocycles. The SMILES string of the molecule is C=CC(=O)N1CCC[C@@H](n2nc(C)c3c(NC)ncnc32)C1. The Hall–Kier alpha value is -2.44. The summed E-state index contributed by atoms with van der Waals surface area (Å²) in [6.45, 7) is 6.94. The number of carbonyl (C=O) groups is 1. The highest BCUT2D eigenvalue weighted by Gasteiger charge is 2.26. The molecule has 0 unspecified atom stereocenters. The van der Waals surface area contributed by atoms with E-state index < -0.39 is 0 Å². The first-order chi connectivity index (χ1) is 10.7. The highest BCUT2D eigenvalue weighted by Crippen LogP contribution is 2.28. The second-order valence-electron chi connectivity index (χ2n) is 5.49. The Morgan fingerprint density at radius 1 is 1.50 bits per heavy atom. The lowest BCUT2D eigenvalue weighted by Gasteiger charge is -2.32. The zero-order valence-electron chi connectivity index (χ0n) is 12.9. The number of piperidine rings is 1. The van der Waals surface area contributed by atoms with Crippen molar-refractivity contribution in [1.82, 2.24) is 24.6 Å². The maximum absolute atomic E-state index is 11.9. The van der Waals surface area contributed by atoms with E-state index in [0.717, 1.165) is 41.9 Å². The van der Waals surface area contributed by atoms with Crippen LogP contribution >= 0.6 is 0 Å². The number of carbonyl (C=O) groups excluding carboxylic acids is 1. The van der Waals surface area contributed by atoms with Crippen molar-refractivity contribution in [3.05, 3.63) is 24.7 Å². The predicted molar refractivity (Wildman–Crippen MR) is 84.7 cm³/mol. The number of aromatic nitrogens is 4. The normalized spacial score (nSPS) is 18.5. The summed E-state index contributed by atoms with van der Waals surface area (Å²) in [5.41, 5.74) is 1.71. The third-order valence-electron chi connectivity index (χ3n) is 4.13. The van der Waals surface area contributed by atoms with Crippen LogP contribution in [0.15, 0.2) is 19.0 Å². The van der Waals surface area contributed by atoms with Crippen molar-refractivity contribution in [2.75, 3.05) is 25.5 Å². The molecule has 116 valence electrons. The van der Waals surface area contributed by atoms with E-state index in [2.05, 4.69) is 27.0 Å². The number of likely N-dealkylation sites (tertiary alicyclic amines) is 1. The van der Waals surface area contributed by atoms with Crippen molar-refractivity contribution in [2.24, 2.45) is 0 Å². The molecule has 1 saturated heterocycles. The second-order valence-corrected chi connectivity index (χ2v) is 5.49. The smallest absolute Gasteiger partial charge is 0.246 e. The Bertz CT molecular complexity index is 722. The molecular formula is C15H20N6O. The zero-order chi connectivity index (χ0) is 15.7. The fourth-order valence-electron chi connectivity index (χ4n) is 3.07. The Morgan fingerprint density at radius 3 is 3.05 bits per heavy atom. The molecule has 1 aliphatic heterocycles. The molecule has 1 fully saturated rings. The van der Waals surface area contributed by atoms with Gasteiger partial charge in [-0.05, 0) is 25.8 Å². The van der Waals surface area contributed by atoms with Crippen LogP contribution in [0, 0.1) is 6.92 Å². The molecule has 7 nitrogen and oxygen atoms in total. The molecule has 1 atom stereocenters. The molecule has 7 heteroatoms. The number of hydrogen-bond donors (Lipinski definition) is 1. The van der Waals surface area contributed by atoms with Crippen LogP contribution in [-0.4, -0.2) is 50.7 Å². The number of hydrogen-bond acceptors (Lipinski definition) is 5. The number of aryl methyl sites for hydroxylation is 1. The van der Waals surface area contributed by atoms with Crippen LogP contribution in [0.3, 0.4) is 0 Å². The van der Waals surface area contributed by atoms with Gasteiger partial charge in [-0.15, -0.1) is 0 Å². The van der Waals surface area contributed by atoms with Gasteiger partial charge in [0.05, 0.1) is 17.1 Å². The van der Waals surface area contributed by atoms with Gasteiger partial charge in [0, 0.05) is 20.1 Å². The van der Waals surface area contributed by atoms with Gasteiger partial charge in [0.15, 0.2) is 5.65 Å². The minimum atomic E-state index is -0.0246. The second kappa shape index (κ2) is 5.75. The first-order valence-electron chi connectivity index (χ1n) is 7.44. The average Bonchev–Trinajstić information content (AvgIpc) is 2.91. The molecule has 0 spiro atoms. The summed E-state index contributed by atoms with van der Waals surface area (Å²) in [7, 11) is 1.84. The van der Waals surface area contributed by atoms with Crippen LogP contribution in [-0.2, 0) is 4.79 Å². The van der Waals surface area contributed by atoms with Gasteiger partial charge in [-0.1, -0.05) is 6.58 Å². The molecule has 1 N–H and O–H groups in total. The van der Waals surface area contributed by atoms with Crippen LogP contribution in [0.25, 0.3) is 11.0 Å². The minimum Gasteiger partial charge on any atom is -0.372 e. The topological polar surface area (TPSA) is 75.9 Å². The lowest BCUT2D eigenvalue weighted by atomic mass is 10.1. The van der Waals surface area contributed by atoms with Crippen molar-refractivity contribution in [1.29, 1.82) is 0 Å². The quantitative estimate of drug-likeness (QED) is 0.870. The monoisotopic (exact) mass is 300 g/mol. The molecule has 0 radical (unpaired) electrons. The van der Waals surface area contributed by atoms with Gasteiger partial charge < -0.3 is 10.2 Å². The molecule has 0 aliphatic carbocycles. The van der Waals surface area contributed by atoms with Crippen LogP contribution in [0.1, 0.15) is 24.6 Å². The van der Waals surface area contributed by atoms with Crippen molar-refractivity contribution >= 4 is 22.8 Å². The molecule has 0 saturated carbocycles. The van der Waals surface area contributed by atoms with E-state index in [1.54, 1.807) is 6.33 Å². The minimum absolute atomic E-state index is 0.0246. The van der Waals surface area contributed by atoms with E-state index in [1.807, 2.05) is 23.6 Å². The first-order valence-corrected chi connectivity index (χ1v) is 7.44. The third kappa shape index (κ3) is 2.32. The molecule has 1 amide bonds. The highest BCUT2D eigenvalue weighted by atomic mass is 16.2. The van der Waals surface area contributed by atoms with E-state index in [4.69, 9.17) is 0 Å². The lowest BCUT2D eigenvalue weighted by Crippen LogP contribution is -2.40. The number of rotatable bonds is 3. The van der Waals surface area contributed by atoms with E-state index in [-0.39, 0.29) is 11.9 Å². The Kier molecular flexibility index (Phi) is 3.79. The Morgan fingerprint density at radius 2 is 2.32 bits per heavy atom. The Labute approximate surface area is 129 Å². The van der Waals surface area contributed by atoms with Crippen LogP contribution in [0.2, 0.25) is 0 Å². The molecule has 3 heterocycles. The summed E-state index contributed by atoms with van der Waals surface area (Å²) in [5, 5.41) is 8.67. The molecule has 22 heavy (non-hydrogen) atoms. The van der Waals surface area contributed by atoms with Crippen molar-refractivity contribution < 1.29 is 4.79 Å². The van der Waals surface area contributed by atoms with Gasteiger partial charge in [0.25, 0.3) is 0 Å². The summed E-state index contributed by atoms with van der Waals surface area (Å²) < 4.78 is 1.94. The van der Waals surface area contributed by atoms with E-state index in [1.165, 1.54) is 6.08 Å². The average molecular weight is 300 g/mol. The van der Waals surface area contributed by atoms with Gasteiger partial charge in [-0.3, -0.25) is 4.79 Å². The molecular weight excluding hydrogens is 280 g/mol. The fourth-order valence-corrected chi connectivity index (χ4v) is 3.07. The van der Waals surface area contributed by atoms with E-state index >= 15 is 0 Å². The number of anilines is 1. The van der Waals surface area contributed by atoms with Crippen molar-refractivity contribution in [3.63, 3.8) is 0 Å². The number of nitrogens with zero attached hydrogens (tertiary/aromatic N) is 5. The van der Waals surface area contributed by atoms with Gasteiger partial charge >= 0.3 is 0 Å². The lowest BCUT2D eigenvalue weighted by molar-refractivity contribution is -0.127.